The number of carboxylic acids is 1. The predicted octanol–water partition coefficient (Wildman–Crippen LogP) is 2.45. The summed E-state index contributed by atoms with van der Waals surface area (Å²) in [6, 6.07) is 0.282. The van der Waals surface area contributed by atoms with Gasteiger partial charge < -0.3 is 19.9 Å². The molecular formula is C20H20F3N3O3. The third kappa shape index (κ3) is 2.82. The van der Waals surface area contributed by atoms with Gasteiger partial charge in [0.15, 0.2) is 5.82 Å². The van der Waals surface area contributed by atoms with Crippen molar-refractivity contribution in [2.75, 3.05) is 24.5 Å². The van der Waals surface area contributed by atoms with E-state index in [0.717, 1.165) is 36.2 Å². The second-order valence-corrected chi connectivity index (χ2v) is 8.19. The van der Waals surface area contributed by atoms with Gasteiger partial charge in [0, 0.05) is 31.7 Å². The number of carboxylic acid groups (broad SMARTS) is 1. The molecule has 0 bridgehead atoms. The summed E-state index contributed by atoms with van der Waals surface area (Å²) in [5.41, 5.74) is -2.06. The number of aromatic nitrogens is 1. The van der Waals surface area contributed by atoms with Crippen molar-refractivity contribution in [1.29, 1.82) is 0 Å². The molecule has 0 spiro atoms. The van der Waals surface area contributed by atoms with E-state index in [1.807, 2.05) is 0 Å². The number of nitrogens with zero attached hydrogens (tertiary/aromatic N) is 2. The number of nitrogens with one attached hydrogen (secondary N) is 1. The molecule has 29 heavy (non-hydrogen) atoms. The van der Waals surface area contributed by atoms with Crippen LogP contribution in [0.5, 0.6) is 0 Å². The molecule has 0 unspecified atom stereocenters. The van der Waals surface area contributed by atoms with Crippen molar-refractivity contribution in [2.45, 2.75) is 37.5 Å². The number of benzene rings is 1. The Labute approximate surface area is 163 Å². The summed E-state index contributed by atoms with van der Waals surface area (Å²) in [7, 11) is 0. The third-order valence-corrected chi connectivity index (χ3v) is 6.37. The van der Waals surface area contributed by atoms with Gasteiger partial charge in [-0.3, -0.25) is 4.79 Å². The molecular weight excluding hydrogens is 387 g/mol. The van der Waals surface area contributed by atoms with Gasteiger partial charge in [0.05, 0.1) is 16.9 Å². The molecule has 5 rings (SSSR count). The highest BCUT2D eigenvalue weighted by molar-refractivity contribution is 5.94. The van der Waals surface area contributed by atoms with E-state index < -0.39 is 40.8 Å². The molecule has 0 amide bonds. The van der Waals surface area contributed by atoms with Gasteiger partial charge in [-0.25, -0.2) is 18.0 Å². The highest BCUT2D eigenvalue weighted by Crippen LogP contribution is 2.43. The number of hydrogen-bond acceptors (Lipinski definition) is 4. The highest BCUT2D eigenvalue weighted by atomic mass is 19.1. The van der Waals surface area contributed by atoms with Crippen LogP contribution >= 0.6 is 0 Å². The summed E-state index contributed by atoms with van der Waals surface area (Å²) >= 11 is 0. The summed E-state index contributed by atoms with van der Waals surface area (Å²) in [5, 5.41) is 12.3. The molecule has 2 aromatic rings. The number of aromatic carboxylic acids is 1. The van der Waals surface area contributed by atoms with Gasteiger partial charge in [-0.05, 0) is 31.4 Å². The molecule has 1 saturated carbocycles. The first-order chi connectivity index (χ1) is 13.9. The van der Waals surface area contributed by atoms with Crippen LogP contribution in [0.4, 0.5) is 18.9 Å². The molecule has 0 radical (unpaired) electrons. The van der Waals surface area contributed by atoms with Crippen LogP contribution < -0.4 is 15.6 Å². The Bertz CT molecular complexity index is 1070. The summed E-state index contributed by atoms with van der Waals surface area (Å²) in [5.74, 6) is -3.08. The monoisotopic (exact) mass is 407 g/mol. The van der Waals surface area contributed by atoms with Gasteiger partial charge in [0.2, 0.25) is 5.43 Å². The minimum atomic E-state index is -1.51. The molecule has 154 valence electrons. The quantitative estimate of drug-likeness (QED) is 0.818. The Morgan fingerprint density at radius 3 is 2.69 bits per heavy atom. The van der Waals surface area contributed by atoms with E-state index in [4.69, 9.17) is 0 Å². The van der Waals surface area contributed by atoms with Crippen molar-refractivity contribution in [3.8, 4) is 0 Å². The van der Waals surface area contributed by atoms with Crippen LogP contribution in [0.1, 0.15) is 35.7 Å². The lowest BCUT2D eigenvalue weighted by Gasteiger charge is -2.24. The average molecular weight is 407 g/mol. The number of alkyl halides is 1. The highest BCUT2D eigenvalue weighted by Gasteiger charge is 2.42. The largest absolute Gasteiger partial charge is 0.477 e. The smallest absolute Gasteiger partial charge is 0.341 e. The fourth-order valence-corrected chi connectivity index (χ4v) is 4.80. The maximum atomic E-state index is 15.6. The maximum Gasteiger partial charge on any atom is 0.341 e. The molecule has 1 aromatic heterocycles. The molecule has 6 nitrogen and oxygen atoms in total. The summed E-state index contributed by atoms with van der Waals surface area (Å²) in [6.45, 7) is 1.80. The van der Waals surface area contributed by atoms with Gasteiger partial charge >= 0.3 is 5.97 Å². The van der Waals surface area contributed by atoms with Crippen molar-refractivity contribution in [3.05, 3.63) is 39.7 Å². The van der Waals surface area contributed by atoms with Crippen LogP contribution in [0.15, 0.2) is 17.1 Å². The van der Waals surface area contributed by atoms with Crippen LogP contribution in [0, 0.1) is 17.6 Å². The fourth-order valence-electron chi connectivity index (χ4n) is 4.80. The fraction of sp³-hybridized carbons (Fsp3) is 0.500. The van der Waals surface area contributed by atoms with E-state index in [-0.39, 0.29) is 35.0 Å². The zero-order chi connectivity index (χ0) is 20.4. The molecule has 2 aliphatic heterocycles. The minimum absolute atomic E-state index is 0.0982. The number of halogens is 3. The summed E-state index contributed by atoms with van der Waals surface area (Å²) in [4.78, 5) is 25.6. The van der Waals surface area contributed by atoms with E-state index in [0.29, 0.717) is 13.1 Å². The summed E-state index contributed by atoms with van der Waals surface area (Å²) in [6.07, 6.45) is 1.81. The first kappa shape index (κ1) is 18.5. The molecule has 2 saturated heterocycles. The van der Waals surface area contributed by atoms with Crippen molar-refractivity contribution in [3.63, 3.8) is 0 Å². The van der Waals surface area contributed by atoms with Gasteiger partial charge in [0.25, 0.3) is 0 Å². The van der Waals surface area contributed by atoms with Crippen LogP contribution in [0.3, 0.4) is 0 Å². The number of pyridine rings is 1. The lowest BCUT2D eigenvalue weighted by molar-refractivity contribution is 0.0694. The van der Waals surface area contributed by atoms with Gasteiger partial charge in [0.1, 0.15) is 23.2 Å². The van der Waals surface area contributed by atoms with Crippen molar-refractivity contribution in [1.82, 2.24) is 9.88 Å². The maximum absolute atomic E-state index is 15.6. The van der Waals surface area contributed by atoms with E-state index >= 15 is 4.39 Å². The SMILES string of the molecule is O=C(O)c1cn([C@@H]2C[C@@H]2F)c2c(F)c(N3C[C@@H]4CCCN[C@@H]4C3)c(F)cc2c1=O. The lowest BCUT2D eigenvalue weighted by atomic mass is 9.94. The zero-order valence-electron chi connectivity index (χ0n) is 15.5. The first-order valence-corrected chi connectivity index (χ1v) is 9.79. The van der Waals surface area contributed by atoms with Crippen LogP contribution in [-0.2, 0) is 0 Å². The lowest BCUT2D eigenvalue weighted by Crippen LogP contribution is -2.40. The second kappa shape index (κ2) is 6.48. The van der Waals surface area contributed by atoms with Crippen molar-refractivity contribution < 1.29 is 23.1 Å². The number of carbonyl (C=O) groups is 1. The van der Waals surface area contributed by atoms with E-state index in [2.05, 4.69) is 5.32 Å². The molecule has 1 aromatic carbocycles. The number of hydrogen-bond donors (Lipinski definition) is 2. The van der Waals surface area contributed by atoms with E-state index in [1.165, 1.54) is 0 Å². The standard InChI is InChI=1S/C20H20F3N3O3/c21-12-5-15(12)26-7-11(20(28)29)19(27)10-4-13(22)18(16(23)17(10)26)25-6-9-2-1-3-24-14(9)8-25/h4,7,9,12,14-15,24H,1-3,5-6,8H2,(H,28,29)/t9-,12-,14+,15+/m0/s1. The number of fused-ring (bicyclic) bond motifs is 2. The Kier molecular flexibility index (Phi) is 4.13. The van der Waals surface area contributed by atoms with Gasteiger partial charge in [-0.2, -0.15) is 0 Å². The first-order valence-electron chi connectivity index (χ1n) is 9.79. The zero-order valence-corrected chi connectivity index (χ0v) is 15.5. The molecule has 2 N–H and O–H groups in total. The molecule has 1 aliphatic carbocycles. The topological polar surface area (TPSA) is 74.6 Å². The Balaban J connectivity index is 1.70. The number of piperidine rings is 1. The number of rotatable bonds is 3. The Morgan fingerprint density at radius 2 is 2.03 bits per heavy atom. The van der Waals surface area contributed by atoms with E-state index in [9.17, 15) is 23.5 Å². The molecule has 9 heteroatoms. The van der Waals surface area contributed by atoms with Crippen molar-refractivity contribution in [2.24, 2.45) is 5.92 Å². The summed E-state index contributed by atoms with van der Waals surface area (Å²) < 4.78 is 45.5. The average Bonchev–Trinajstić information content (AvgIpc) is 3.24. The molecule has 4 atom stereocenters. The van der Waals surface area contributed by atoms with Gasteiger partial charge in [-0.15, -0.1) is 0 Å². The second-order valence-electron chi connectivity index (χ2n) is 8.19. The van der Waals surface area contributed by atoms with Gasteiger partial charge in [-0.1, -0.05) is 0 Å². The molecule has 3 fully saturated rings. The molecule has 3 heterocycles. The molecule has 3 aliphatic rings. The predicted molar refractivity (Wildman–Crippen MR) is 100 cm³/mol. The Morgan fingerprint density at radius 1 is 1.28 bits per heavy atom. The minimum Gasteiger partial charge on any atom is -0.477 e. The number of anilines is 1. The normalized spacial score (nSPS) is 28.6. The van der Waals surface area contributed by atoms with Crippen LogP contribution in [0.25, 0.3) is 10.9 Å². The van der Waals surface area contributed by atoms with Crippen LogP contribution in [-0.4, -0.2) is 47.5 Å². The van der Waals surface area contributed by atoms with Crippen LogP contribution in [0.2, 0.25) is 0 Å². The third-order valence-electron chi connectivity index (χ3n) is 6.37. The van der Waals surface area contributed by atoms with Crippen molar-refractivity contribution >= 4 is 22.6 Å². The Hall–Kier alpha value is -2.55. The van der Waals surface area contributed by atoms with E-state index in [1.54, 1.807) is 4.90 Å².